The van der Waals surface area contributed by atoms with E-state index in [-0.39, 0.29) is 28.8 Å². The number of aromatic nitrogens is 2. The van der Waals surface area contributed by atoms with Gasteiger partial charge in [0.05, 0.1) is 19.0 Å². The van der Waals surface area contributed by atoms with E-state index in [4.69, 9.17) is 27.9 Å². The summed E-state index contributed by atoms with van der Waals surface area (Å²) < 4.78 is 29.6. The molecule has 0 bridgehead atoms. The first kappa shape index (κ1) is 13.8. The van der Waals surface area contributed by atoms with Gasteiger partial charge in [-0.15, -0.1) is 0 Å². The molecule has 2 heterocycles. The Morgan fingerprint density at radius 3 is 2.83 bits per heavy atom. The van der Waals surface area contributed by atoms with Crippen LogP contribution in [-0.4, -0.2) is 48.1 Å². The average Bonchev–Trinajstić information content (AvgIpc) is 2.71. The highest BCUT2D eigenvalue weighted by atomic mass is 35.5. The summed E-state index contributed by atoms with van der Waals surface area (Å²) in [6.07, 6.45) is 2.83. The summed E-state index contributed by atoms with van der Waals surface area (Å²) in [5.74, 6) is 0.178. The minimum absolute atomic E-state index is 0.0346. The highest BCUT2D eigenvalue weighted by Crippen LogP contribution is 2.25. The third-order valence-corrected chi connectivity index (χ3v) is 4.25. The Labute approximate surface area is 115 Å². The number of nitrogens with zero attached hydrogens (tertiary/aromatic N) is 3. The standard InChI is InChI=1S/C9H11Cl2N3O3S/c1-18(15,16)14-3-2-6(5-14)17-8-7(10)4-12-9(11)13-8/h4,6H,2-3,5H2,1H3/t6-/m0/s1. The lowest BCUT2D eigenvalue weighted by Crippen LogP contribution is -2.30. The number of sulfonamides is 1. The van der Waals surface area contributed by atoms with Crippen LogP contribution in [0.25, 0.3) is 0 Å². The van der Waals surface area contributed by atoms with Gasteiger partial charge < -0.3 is 4.74 Å². The molecule has 6 nitrogen and oxygen atoms in total. The Bertz CT molecular complexity index is 552. The SMILES string of the molecule is CS(=O)(=O)N1CC[C@H](Oc2nc(Cl)ncc2Cl)C1. The van der Waals surface area contributed by atoms with E-state index in [0.717, 1.165) is 0 Å². The lowest BCUT2D eigenvalue weighted by molar-refractivity contribution is 0.207. The van der Waals surface area contributed by atoms with Gasteiger partial charge in [-0.1, -0.05) is 11.6 Å². The van der Waals surface area contributed by atoms with Crippen LogP contribution in [0.1, 0.15) is 6.42 Å². The third kappa shape index (κ3) is 3.23. The fraction of sp³-hybridized carbons (Fsp3) is 0.556. The summed E-state index contributed by atoms with van der Waals surface area (Å²) in [5, 5.41) is 0.282. The molecule has 0 saturated carbocycles. The second-order valence-corrected chi connectivity index (χ2v) is 6.67. The zero-order valence-corrected chi connectivity index (χ0v) is 11.8. The number of hydrogen-bond donors (Lipinski definition) is 0. The molecule has 1 aromatic rings. The van der Waals surface area contributed by atoms with Crippen LogP contribution in [0, 0.1) is 0 Å². The fourth-order valence-corrected chi connectivity index (χ4v) is 2.80. The number of ether oxygens (including phenoxy) is 1. The van der Waals surface area contributed by atoms with Gasteiger partial charge in [0.2, 0.25) is 21.2 Å². The van der Waals surface area contributed by atoms with E-state index in [0.29, 0.717) is 13.0 Å². The molecule has 0 unspecified atom stereocenters. The minimum Gasteiger partial charge on any atom is -0.472 e. The van der Waals surface area contributed by atoms with Crippen LogP contribution >= 0.6 is 23.2 Å². The van der Waals surface area contributed by atoms with Crippen LogP contribution in [0.3, 0.4) is 0 Å². The maximum atomic E-state index is 11.4. The molecule has 1 saturated heterocycles. The predicted molar refractivity (Wildman–Crippen MR) is 67.5 cm³/mol. The van der Waals surface area contributed by atoms with Crippen molar-refractivity contribution in [2.45, 2.75) is 12.5 Å². The maximum absolute atomic E-state index is 11.4. The molecule has 1 aliphatic heterocycles. The topological polar surface area (TPSA) is 72.4 Å². The molecule has 1 aromatic heterocycles. The molecule has 0 aromatic carbocycles. The molecule has 9 heteroatoms. The number of hydrogen-bond acceptors (Lipinski definition) is 5. The van der Waals surface area contributed by atoms with Crippen molar-refractivity contribution < 1.29 is 13.2 Å². The lowest BCUT2D eigenvalue weighted by atomic mass is 10.3. The van der Waals surface area contributed by atoms with Crippen molar-refractivity contribution in [3.63, 3.8) is 0 Å². The summed E-state index contributed by atoms with van der Waals surface area (Å²) in [5.41, 5.74) is 0. The highest BCUT2D eigenvalue weighted by Gasteiger charge is 2.30. The first-order valence-corrected chi connectivity index (χ1v) is 7.76. The summed E-state index contributed by atoms with van der Waals surface area (Å²) in [6.45, 7) is 0.719. The van der Waals surface area contributed by atoms with E-state index in [2.05, 4.69) is 9.97 Å². The molecular weight excluding hydrogens is 301 g/mol. The smallest absolute Gasteiger partial charge is 0.237 e. The Balaban J connectivity index is 2.06. The van der Waals surface area contributed by atoms with Crippen molar-refractivity contribution in [2.75, 3.05) is 19.3 Å². The van der Waals surface area contributed by atoms with Crippen molar-refractivity contribution in [1.29, 1.82) is 0 Å². The molecule has 0 aliphatic carbocycles. The van der Waals surface area contributed by atoms with Crippen molar-refractivity contribution in [3.05, 3.63) is 16.5 Å². The van der Waals surface area contributed by atoms with E-state index < -0.39 is 10.0 Å². The Kier molecular flexibility index (Phi) is 3.96. The van der Waals surface area contributed by atoms with Gasteiger partial charge in [0, 0.05) is 6.54 Å². The quantitative estimate of drug-likeness (QED) is 0.784. The Morgan fingerprint density at radius 1 is 1.50 bits per heavy atom. The van der Waals surface area contributed by atoms with Crippen LogP contribution < -0.4 is 4.74 Å². The van der Waals surface area contributed by atoms with Gasteiger partial charge in [-0.05, 0) is 18.0 Å². The highest BCUT2D eigenvalue weighted by molar-refractivity contribution is 7.88. The summed E-state index contributed by atoms with van der Waals surface area (Å²) >= 11 is 11.5. The van der Waals surface area contributed by atoms with Crippen molar-refractivity contribution in [2.24, 2.45) is 0 Å². The summed E-state index contributed by atoms with van der Waals surface area (Å²) in [4.78, 5) is 7.56. The Morgan fingerprint density at radius 2 is 2.22 bits per heavy atom. The summed E-state index contributed by atoms with van der Waals surface area (Å²) in [7, 11) is -3.18. The molecule has 0 amide bonds. The number of halogens is 2. The maximum Gasteiger partial charge on any atom is 0.237 e. The van der Waals surface area contributed by atoms with Crippen LogP contribution in [0.2, 0.25) is 10.3 Å². The minimum atomic E-state index is -3.18. The lowest BCUT2D eigenvalue weighted by Gasteiger charge is -2.15. The average molecular weight is 312 g/mol. The van der Waals surface area contributed by atoms with Gasteiger partial charge in [-0.25, -0.2) is 13.4 Å². The van der Waals surface area contributed by atoms with Crippen LogP contribution in [0.4, 0.5) is 0 Å². The monoisotopic (exact) mass is 311 g/mol. The van der Waals surface area contributed by atoms with Gasteiger partial charge in [-0.3, -0.25) is 0 Å². The van der Waals surface area contributed by atoms with Crippen LogP contribution in [-0.2, 0) is 10.0 Å². The first-order chi connectivity index (χ1) is 8.36. The van der Waals surface area contributed by atoms with E-state index >= 15 is 0 Å². The summed E-state index contributed by atoms with van der Waals surface area (Å²) in [6, 6.07) is 0. The molecule has 2 rings (SSSR count). The second kappa shape index (κ2) is 5.16. The fourth-order valence-electron chi connectivity index (χ4n) is 1.67. The van der Waals surface area contributed by atoms with Crippen LogP contribution in [0.15, 0.2) is 6.20 Å². The van der Waals surface area contributed by atoms with Crippen molar-refractivity contribution >= 4 is 33.2 Å². The van der Waals surface area contributed by atoms with Crippen LogP contribution in [0.5, 0.6) is 5.88 Å². The molecule has 18 heavy (non-hydrogen) atoms. The molecule has 1 aliphatic rings. The molecule has 0 N–H and O–H groups in total. The molecule has 0 spiro atoms. The molecular formula is C9H11Cl2N3O3S. The largest absolute Gasteiger partial charge is 0.472 e. The Hall–Kier alpha value is -0.630. The van der Waals surface area contributed by atoms with Crippen molar-refractivity contribution in [1.82, 2.24) is 14.3 Å². The van der Waals surface area contributed by atoms with Gasteiger partial charge in [0.25, 0.3) is 0 Å². The van der Waals surface area contributed by atoms with E-state index in [1.54, 1.807) is 0 Å². The molecule has 0 radical (unpaired) electrons. The molecule has 1 atom stereocenters. The molecule has 1 fully saturated rings. The second-order valence-electron chi connectivity index (χ2n) is 3.94. The third-order valence-electron chi connectivity index (χ3n) is 2.54. The van der Waals surface area contributed by atoms with Gasteiger partial charge in [-0.2, -0.15) is 9.29 Å². The van der Waals surface area contributed by atoms with Gasteiger partial charge in [0.1, 0.15) is 11.1 Å². The zero-order valence-electron chi connectivity index (χ0n) is 9.51. The van der Waals surface area contributed by atoms with Gasteiger partial charge >= 0.3 is 0 Å². The van der Waals surface area contributed by atoms with E-state index in [1.807, 2.05) is 0 Å². The number of rotatable bonds is 3. The van der Waals surface area contributed by atoms with E-state index in [1.165, 1.54) is 16.8 Å². The first-order valence-electron chi connectivity index (χ1n) is 5.16. The van der Waals surface area contributed by atoms with Crippen molar-refractivity contribution in [3.8, 4) is 5.88 Å². The molecule has 100 valence electrons. The van der Waals surface area contributed by atoms with Gasteiger partial charge in [0.15, 0.2) is 0 Å². The zero-order chi connectivity index (χ0) is 13.3. The normalized spacial score (nSPS) is 21.2. The van der Waals surface area contributed by atoms with E-state index in [9.17, 15) is 8.42 Å². The predicted octanol–water partition coefficient (Wildman–Crippen LogP) is 1.20.